The van der Waals surface area contributed by atoms with E-state index < -0.39 is 0 Å². The van der Waals surface area contributed by atoms with E-state index in [-0.39, 0.29) is 17.5 Å². The Balaban J connectivity index is 1.52. The van der Waals surface area contributed by atoms with Crippen molar-refractivity contribution in [3.8, 4) is 5.75 Å². The van der Waals surface area contributed by atoms with Crippen molar-refractivity contribution in [2.45, 2.75) is 13.2 Å². The van der Waals surface area contributed by atoms with Crippen LogP contribution in [0.1, 0.15) is 21.5 Å². The number of nitrogens with one attached hydrogen (secondary N) is 1. The molecular formula is C20H18FN3O2. The van der Waals surface area contributed by atoms with E-state index in [2.05, 4.69) is 10.3 Å². The first-order chi connectivity index (χ1) is 12.6. The molecule has 0 unspecified atom stereocenters. The number of amides is 1. The number of hydrogen-bond donors (Lipinski definition) is 2. The Morgan fingerprint density at radius 2 is 1.73 bits per heavy atom. The maximum Gasteiger partial charge on any atom is 0.255 e. The quantitative estimate of drug-likeness (QED) is 0.714. The van der Waals surface area contributed by atoms with Crippen molar-refractivity contribution in [1.82, 2.24) is 10.3 Å². The largest absolute Gasteiger partial charge is 0.489 e. The summed E-state index contributed by atoms with van der Waals surface area (Å²) in [7, 11) is 0. The van der Waals surface area contributed by atoms with Gasteiger partial charge in [0.25, 0.3) is 5.91 Å². The Hall–Kier alpha value is -3.41. The highest BCUT2D eigenvalue weighted by Crippen LogP contribution is 2.15. The first-order valence-corrected chi connectivity index (χ1v) is 8.07. The first kappa shape index (κ1) is 17.4. The molecule has 0 radical (unpaired) electrons. The molecule has 1 heterocycles. The summed E-state index contributed by atoms with van der Waals surface area (Å²) in [4.78, 5) is 16.0. The number of rotatable bonds is 6. The molecular weight excluding hydrogens is 333 g/mol. The lowest BCUT2D eigenvalue weighted by Gasteiger charge is -2.09. The zero-order chi connectivity index (χ0) is 18.4. The number of anilines is 1. The molecule has 0 spiro atoms. The second-order valence-electron chi connectivity index (χ2n) is 5.68. The molecule has 26 heavy (non-hydrogen) atoms. The zero-order valence-corrected chi connectivity index (χ0v) is 14.0. The number of nitrogens with two attached hydrogens (primary N) is 1. The van der Waals surface area contributed by atoms with E-state index in [0.29, 0.717) is 24.5 Å². The number of pyridine rings is 1. The minimum atomic E-state index is -0.271. The molecule has 0 aliphatic carbocycles. The number of aromatic nitrogens is 1. The van der Waals surface area contributed by atoms with Crippen molar-refractivity contribution in [2.75, 3.05) is 5.73 Å². The van der Waals surface area contributed by atoms with Crippen LogP contribution < -0.4 is 15.8 Å². The summed E-state index contributed by atoms with van der Waals surface area (Å²) < 4.78 is 18.5. The summed E-state index contributed by atoms with van der Waals surface area (Å²) in [5.41, 5.74) is 7.86. The number of benzene rings is 2. The van der Waals surface area contributed by atoms with Gasteiger partial charge >= 0.3 is 0 Å². The fourth-order valence-corrected chi connectivity index (χ4v) is 2.34. The van der Waals surface area contributed by atoms with E-state index in [0.717, 1.165) is 11.1 Å². The molecule has 2 aromatic carbocycles. The van der Waals surface area contributed by atoms with Gasteiger partial charge < -0.3 is 15.8 Å². The maximum atomic E-state index is 12.9. The van der Waals surface area contributed by atoms with Gasteiger partial charge in [-0.3, -0.25) is 4.79 Å². The van der Waals surface area contributed by atoms with E-state index >= 15 is 0 Å². The second kappa shape index (κ2) is 8.11. The maximum absolute atomic E-state index is 12.9. The third-order valence-electron chi connectivity index (χ3n) is 3.78. The van der Waals surface area contributed by atoms with Crippen molar-refractivity contribution < 1.29 is 13.9 Å². The minimum absolute atomic E-state index is 0.203. The lowest BCUT2D eigenvalue weighted by molar-refractivity contribution is 0.0951. The molecule has 1 aromatic heterocycles. The molecule has 3 N–H and O–H groups in total. The number of nitrogen functional groups attached to an aromatic ring is 1. The van der Waals surface area contributed by atoms with E-state index in [1.165, 1.54) is 18.3 Å². The van der Waals surface area contributed by atoms with Crippen molar-refractivity contribution in [3.05, 3.63) is 89.4 Å². The molecule has 0 bridgehead atoms. The van der Waals surface area contributed by atoms with Crippen molar-refractivity contribution in [1.29, 1.82) is 0 Å². The van der Waals surface area contributed by atoms with Crippen molar-refractivity contribution in [2.24, 2.45) is 0 Å². The molecule has 1 amide bonds. The summed E-state index contributed by atoms with van der Waals surface area (Å²) in [6, 6.07) is 16.8. The molecule has 6 heteroatoms. The van der Waals surface area contributed by atoms with Gasteiger partial charge in [0.2, 0.25) is 0 Å². The molecule has 0 aliphatic heterocycles. The molecule has 3 aromatic rings. The van der Waals surface area contributed by atoms with Crippen LogP contribution in [0.25, 0.3) is 0 Å². The number of ether oxygens (including phenoxy) is 1. The van der Waals surface area contributed by atoms with Gasteiger partial charge in [-0.25, -0.2) is 9.37 Å². The number of nitrogens with zero attached hydrogens (tertiary/aromatic N) is 1. The highest BCUT2D eigenvalue weighted by atomic mass is 19.1. The van der Waals surface area contributed by atoms with Crippen molar-refractivity contribution in [3.63, 3.8) is 0 Å². The third kappa shape index (κ3) is 4.57. The van der Waals surface area contributed by atoms with Gasteiger partial charge in [-0.1, -0.05) is 24.3 Å². The number of carbonyl (C=O) groups excluding carboxylic acids is 1. The Morgan fingerprint density at radius 1 is 1.04 bits per heavy atom. The summed E-state index contributed by atoms with van der Waals surface area (Å²) in [6.07, 6.45) is 1.54. The van der Waals surface area contributed by atoms with Crippen LogP contribution in [0.4, 0.5) is 10.2 Å². The van der Waals surface area contributed by atoms with Crippen LogP contribution in [0.2, 0.25) is 0 Å². The van der Waals surface area contributed by atoms with Crippen LogP contribution in [0, 0.1) is 5.82 Å². The SMILES string of the molecule is Nc1ncccc1C(=O)NCc1ccc(OCc2ccc(F)cc2)cc1. The third-order valence-corrected chi connectivity index (χ3v) is 3.78. The van der Waals surface area contributed by atoms with E-state index in [4.69, 9.17) is 10.5 Å². The van der Waals surface area contributed by atoms with Crippen LogP contribution in [-0.2, 0) is 13.2 Å². The minimum Gasteiger partial charge on any atom is -0.489 e. The molecule has 0 saturated heterocycles. The number of halogens is 1. The number of hydrogen-bond acceptors (Lipinski definition) is 4. The fraction of sp³-hybridized carbons (Fsp3) is 0.100. The highest BCUT2D eigenvalue weighted by Gasteiger charge is 2.09. The topological polar surface area (TPSA) is 77.2 Å². The molecule has 0 atom stereocenters. The summed E-state index contributed by atoms with van der Waals surface area (Å²) >= 11 is 0. The molecule has 0 fully saturated rings. The summed E-state index contributed by atoms with van der Waals surface area (Å²) in [5.74, 6) is 0.357. The Kier molecular flexibility index (Phi) is 5.43. The average molecular weight is 351 g/mol. The molecule has 5 nitrogen and oxygen atoms in total. The fourth-order valence-electron chi connectivity index (χ4n) is 2.34. The van der Waals surface area contributed by atoms with Gasteiger partial charge in [-0.05, 0) is 47.5 Å². The van der Waals surface area contributed by atoms with Crippen LogP contribution in [0.3, 0.4) is 0 Å². The van der Waals surface area contributed by atoms with Crippen LogP contribution in [0.5, 0.6) is 5.75 Å². The van der Waals surface area contributed by atoms with E-state index in [1.807, 2.05) is 24.3 Å². The monoisotopic (exact) mass is 351 g/mol. The predicted molar refractivity (Wildman–Crippen MR) is 97.0 cm³/mol. The van der Waals surface area contributed by atoms with Gasteiger partial charge in [0.1, 0.15) is 24.0 Å². The molecule has 3 rings (SSSR count). The number of carbonyl (C=O) groups is 1. The van der Waals surface area contributed by atoms with Gasteiger partial charge in [0.15, 0.2) is 0 Å². The lowest BCUT2D eigenvalue weighted by atomic mass is 10.2. The van der Waals surface area contributed by atoms with Gasteiger partial charge in [0, 0.05) is 12.7 Å². The normalized spacial score (nSPS) is 10.3. The average Bonchev–Trinajstić information content (AvgIpc) is 2.67. The van der Waals surface area contributed by atoms with Gasteiger partial charge in [-0.15, -0.1) is 0 Å². The lowest BCUT2D eigenvalue weighted by Crippen LogP contribution is -2.24. The summed E-state index contributed by atoms with van der Waals surface area (Å²) in [5, 5.41) is 2.80. The first-order valence-electron chi connectivity index (χ1n) is 8.07. The van der Waals surface area contributed by atoms with Gasteiger partial charge in [0.05, 0.1) is 5.56 Å². The molecule has 132 valence electrons. The van der Waals surface area contributed by atoms with E-state index in [1.54, 1.807) is 24.3 Å². The van der Waals surface area contributed by atoms with E-state index in [9.17, 15) is 9.18 Å². The van der Waals surface area contributed by atoms with Gasteiger partial charge in [-0.2, -0.15) is 0 Å². The Bertz CT molecular complexity index is 880. The van der Waals surface area contributed by atoms with Crippen LogP contribution in [-0.4, -0.2) is 10.9 Å². The molecule has 0 aliphatic rings. The Morgan fingerprint density at radius 3 is 2.42 bits per heavy atom. The van der Waals surface area contributed by atoms with Crippen molar-refractivity contribution >= 4 is 11.7 Å². The van der Waals surface area contributed by atoms with Crippen LogP contribution >= 0.6 is 0 Å². The highest BCUT2D eigenvalue weighted by molar-refractivity contribution is 5.98. The molecule has 0 saturated carbocycles. The summed E-state index contributed by atoms with van der Waals surface area (Å²) in [6.45, 7) is 0.724. The Labute approximate surface area is 150 Å². The standard InChI is InChI=1S/C20H18FN3O2/c21-16-7-3-15(4-8-16)13-26-17-9-5-14(6-10-17)12-24-20(25)18-2-1-11-23-19(18)22/h1-11H,12-13H2,(H2,22,23)(H,24,25). The zero-order valence-electron chi connectivity index (χ0n) is 14.0. The van der Waals surface area contributed by atoms with Crippen LogP contribution in [0.15, 0.2) is 66.9 Å². The predicted octanol–water partition coefficient (Wildman–Crippen LogP) is 3.31. The second-order valence-corrected chi connectivity index (χ2v) is 5.68. The smallest absolute Gasteiger partial charge is 0.255 e.